The Morgan fingerprint density at radius 2 is 2.00 bits per heavy atom. The quantitative estimate of drug-likeness (QED) is 0.828. The number of piperidine rings is 1. The van der Waals surface area contributed by atoms with Gasteiger partial charge in [-0.05, 0) is 50.9 Å². The molecule has 1 aromatic rings. The average molecular weight is 388 g/mol. The monoisotopic (exact) mass is 387 g/mol. The van der Waals surface area contributed by atoms with Crippen molar-refractivity contribution in [3.05, 3.63) is 17.5 Å². The van der Waals surface area contributed by atoms with Crippen LogP contribution in [0.2, 0.25) is 0 Å². The van der Waals surface area contributed by atoms with Crippen molar-refractivity contribution in [2.24, 2.45) is 5.41 Å². The van der Waals surface area contributed by atoms with Crippen molar-refractivity contribution >= 4 is 11.8 Å². The number of carbonyl (C=O) groups excluding carboxylic acids is 2. The minimum Gasteiger partial charge on any atom is -0.360 e. The van der Waals surface area contributed by atoms with Crippen LogP contribution < -0.4 is 5.32 Å². The van der Waals surface area contributed by atoms with Crippen molar-refractivity contribution in [2.75, 3.05) is 6.54 Å². The number of carbonyl (C=O) groups is 2. The molecule has 1 N–H and O–H groups in total. The molecule has 154 valence electrons. The number of nitrogens with one attached hydrogen (secondary N) is 1. The maximum Gasteiger partial charge on any atom is 0.273 e. The lowest BCUT2D eigenvalue weighted by atomic mass is 9.73. The number of likely N-dealkylation sites (tertiary alicyclic amines) is 1. The molecule has 1 aliphatic heterocycles. The highest BCUT2D eigenvalue weighted by molar-refractivity contribution is 5.92. The first-order valence-corrected chi connectivity index (χ1v) is 11.0. The summed E-state index contributed by atoms with van der Waals surface area (Å²) in [6, 6.07) is 2.01. The summed E-state index contributed by atoms with van der Waals surface area (Å²) >= 11 is 0. The van der Waals surface area contributed by atoms with Crippen LogP contribution in [0.15, 0.2) is 10.6 Å². The summed E-state index contributed by atoms with van der Waals surface area (Å²) in [6.45, 7) is 5.09. The van der Waals surface area contributed by atoms with E-state index in [2.05, 4.69) is 24.3 Å². The van der Waals surface area contributed by atoms with E-state index in [9.17, 15) is 9.59 Å². The molecule has 0 radical (unpaired) electrons. The van der Waals surface area contributed by atoms with Gasteiger partial charge in [-0.25, -0.2) is 0 Å². The second-order valence-corrected chi connectivity index (χ2v) is 9.57. The molecule has 1 unspecified atom stereocenters. The summed E-state index contributed by atoms with van der Waals surface area (Å²) in [5.41, 5.74) is 0.546. The minimum absolute atomic E-state index is 0.0814. The minimum atomic E-state index is -0.164. The summed E-state index contributed by atoms with van der Waals surface area (Å²) in [7, 11) is 0. The molecule has 3 fully saturated rings. The highest BCUT2D eigenvalue weighted by atomic mass is 16.5. The van der Waals surface area contributed by atoms with Gasteiger partial charge in [0.1, 0.15) is 5.76 Å². The zero-order valence-electron chi connectivity index (χ0n) is 17.2. The van der Waals surface area contributed by atoms with Crippen LogP contribution in [0.25, 0.3) is 0 Å². The molecule has 6 heteroatoms. The molecule has 1 aromatic heterocycles. The molecular weight excluding hydrogens is 354 g/mol. The molecule has 2 heterocycles. The van der Waals surface area contributed by atoms with E-state index in [0.717, 1.165) is 31.4 Å². The highest BCUT2D eigenvalue weighted by Gasteiger charge is 2.35. The smallest absolute Gasteiger partial charge is 0.273 e. The predicted octanol–water partition coefficient (Wildman–Crippen LogP) is 4.02. The Morgan fingerprint density at radius 1 is 1.25 bits per heavy atom. The third-order valence-corrected chi connectivity index (χ3v) is 6.91. The van der Waals surface area contributed by atoms with Gasteiger partial charge in [-0.3, -0.25) is 9.59 Å². The first-order valence-electron chi connectivity index (χ1n) is 11.0. The summed E-state index contributed by atoms with van der Waals surface area (Å²) in [4.78, 5) is 27.4. The lowest BCUT2D eigenvalue weighted by Gasteiger charge is -2.41. The first kappa shape index (κ1) is 19.5. The second-order valence-electron chi connectivity index (χ2n) is 9.57. The third kappa shape index (κ3) is 4.41. The van der Waals surface area contributed by atoms with Crippen LogP contribution in [-0.4, -0.2) is 40.5 Å². The van der Waals surface area contributed by atoms with E-state index in [-0.39, 0.29) is 29.3 Å². The zero-order chi connectivity index (χ0) is 19.7. The van der Waals surface area contributed by atoms with Gasteiger partial charge in [-0.15, -0.1) is 0 Å². The van der Waals surface area contributed by atoms with Crippen LogP contribution >= 0.6 is 0 Å². The summed E-state index contributed by atoms with van der Waals surface area (Å²) in [5.74, 6) is 1.40. The molecule has 0 aromatic carbocycles. The third-order valence-electron chi connectivity index (χ3n) is 6.91. The van der Waals surface area contributed by atoms with E-state index in [4.69, 9.17) is 4.52 Å². The van der Waals surface area contributed by atoms with Crippen LogP contribution in [0.3, 0.4) is 0 Å². The topological polar surface area (TPSA) is 75.4 Å². The molecule has 1 saturated heterocycles. The molecular formula is C22H33N3O3. The second kappa shape index (κ2) is 7.88. The van der Waals surface area contributed by atoms with Gasteiger partial charge in [0.25, 0.3) is 5.91 Å². The van der Waals surface area contributed by atoms with Crippen LogP contribution in [0.5, 0.6) is 0 Å². The summed E-state index contributed by atoms with van der Waals surface area (Å²) in [5, 5.41) is 7.01. The lowest BCUT2D eigenvalue weighted by molar-refractivity contribution is -0.137. The van der Waals surface area contributed by atoms with E-state index in [1.807, 2.05) is 4.90 Å². The Kier molecular flexibility index (Phi) is 5.48. The molecule has 6 nitrogen and oxygen atoms in total. The molecule has 0 spiro atoms. The number of nitrogens with zero attached hydrogens (tertiary/aromatic N) is 2. The standard InChI is InChI=1S/C22H33N3O3/c1-15-12-17(23-21(27)18-13-19(28-24-18)16-6-7-16)8-11-25(15)20(26)14-22(2)9-4-3-5-10-22/h13,15-17H,3-12,14H2,1-2H3,(H,23,27)/t15-,17?/m0/s1. The van der Waals surface area contributed by atoms with Gasteiger partial charge in [-0.1, -0.05) is 31.3 Å². The lowest BCUT2D eigenvalue weighted by Crippen LogP contribution is -2.51. The molecule has 3 aliphatic rings. The van der Waals surface area contributed by atoms with Crippen molar-refractivity contribution in [3.63, 3.8) is 0 Å². The largest absolute Gasteiger partial charge is 0.360 e. The molecule has 28 heavy (non-hydrogen) atoms. The Bertz CT molecular complexity index is 718. The van der Waals surface area contributed by atoms with E-state index < -0.39 is 0 Å². The van der Waals surface area contributed by atoms with Gasteiger partial charge in [-0.2, -0.15) is 0 Å². The van der Waals surface area contributed by atoms with Crippen molar-refractivity contribution in [3.8, 4) is 0 Å². The molecule has 2 amide bonds. The van der Waals surface area contributed by atoms with Gasteiger partial charge in [0.05, 0.1) is 0 Å². The van der Waals surface area contributed by atoms with E-state index in [1.165, 1.54) is 32.1 Å². The van der Waals surface area contributed by atoms with Crippen LogP contribution in [0, 0.1) is 5.41 Å². The fraction of sp³-hybridized carbons (Fsp3) is 0.773. The van der Waals surface area contributed by atoms with Crippen molar-refractivity contribution in [1.29, 1.82) is 0 Å². The highest BCUT2D eigenvalue weighted by Crippen LogP contribution is 2.40. The van der Waals surface area contributed by atoms with Crippen molar-refractivity contribution < 1.29 is 14.1 Å². The molecule has 2 aliphatic carbocycles. The Morgan fingerprint density at radius 3 is 2.68 bits per heavy atom. The van der Waals surface area contributed by atoms with E-state index in [1.54, 1.807) is 6.07 Å². The summed E-state index contributed by atoms with van der Waals surface area (Å²) < 4.78 is 5.29. The van der Waals surface area contributed by atoms with Gasteiger partial charge in [0.15, 0.2) is 5.69 Å². The van der Waals surface area contributed by atoms with Crippen LogP contribution in [0.4, 0.5) is 0 Å². The zero-order valence-corrected chi connectivity index (χ0v) is 17.2. The Hall–Kier alpha value is -1.85. The average Bonchev–Trinajstić information content (AvgIpc) is 3.38. The Labute approximate surface area is 167 Å². The first-order chi connectivity index (χ1) is 13.4. The number of amides is 2. The van der Waals surface area contributed by atoms with Crippen LogP contribution in [0.1, 0.15) is 100 Å². The van der Waals surface area contributed by atoms with E-state index in [0.29, 0.717) is 24.6 Å². The number of hydrogen-bond donors (Lipinski definition) is 1. The van der Waals surface area contributed by atoms with Crippen molar-refractivity contribution in [2.45, 2.75) is 96.1 Å². The number of hydrogen-bond acceptors (Lipinski definition) is 4. The van der Waals surface area contributed by atoms with E-state index >= 15 is 0 Å². The number of aromatic nitrogens is 1. The fourth-order valence-electron chi connectivity index (χ4n) is 4.94. The normalized spacial score (nSPS) is 27.4. The maximum atomic E-state index is 12.9. The van der Waals surface area contributed by atoms with Gasteiger partial charge in [0, 0.05) is 37.0 Å². The molecule has 2 atom stereocenters. The van der Waals surface area contributed by atoms with Gasteiger partial charge in [0.2, 0.25) is 5.91 Å². The molecule has 0 bridgehead atoms. The van der Waals surface area contributed by atoms with Crippen LogP contribution in [-0.2, 0) is 4.79 Å². The molecule has 2 saturated carbocycles. The summed E-state index contributed by atoms with van der Waals surface area (Å²) in [6.07, 6.45) is 10.6. The fourth-order valence-corrected chi connectivity index (χ4v) is 4.94. The maximum absolute atomic E-state index is 12.9. The Balaban J connectivity index is 1.28. The predicted molar refractivity (Wildman–Crippen MR) is 106 cm³/mol. The van der Waals surface area contributed by atoms with Crippen molar-refractivity contribution in [1.82, 2.24) is 15.4 Å². The molecule has 4 rings (SSSR count). The van der Waals surface area contributed by atoms with Gasteiger partial charge >= 0.3 is 0 Å². The SMILES string of the molecule is C[C@H]1CC(NC(=O)c2cc(C3CC3)on2)CCN1C(=O)CC1(C)CCCCC1. The number of rotatable bonds is 5. The van der Waals surface area contributed by atoms with Gasteiger partial charge < -0.3 is 14.7 Å².